The third kappa shape index (κ3) is 4.89. The van der Waals surface area contributed by atoms with Crippen LogP contribution in [0.1, 0.15) is 29.6 Å². The molecule has 3 N–H and O–H groups in total. The van der Waals surface area contributed by atoms with E-state index in [1.165, 1.54) is 12.8 Å². The highest BCUT2D eigenvalue weighted by Crippen LogP contribution is 2.32. The van der Waals surface area contributed by atoms with E-state index >= 15 is 0 Å². The minimum absolute atomic E-state index is 0.328. The maximum Gasteiger partial charge on any atom is 0.265 e. The van der Waals surface area contributed by atoms with Gasteiger partial charge in [0.2, 0.25) is 0 Å². The third-order valence-corrected chi connectivity index (χ3v) is 3.09. The number of hydrogen-bond acceptors (Lipinski definition) is 4. The summed E-state index contributed by atoms with van der Waals surface area (Å²) in [4.78, 5) is 11.3. The average Bonchev–Trinajstić information content (AvgIpc) is 3.26. The number of carbonyl (C=O) groups excluding carboxylic acids is 1. The molecule has 0 spiro atoms. The zero-order valence-corrected chi connectivity index (χ0v) is 10.9. The van der Waals surface area contributed by atoms with Crippen LogP contribution in [0.4, 0.5) is 0 Å². The summed E-state index contributed by atoms with van der Waals surface area (Å²) in [5, 5.41) is 0. The summed E-state index contributed by atoms with van der Waals surface area (Å²) in [5.74, 6) is 6.29. The Hall–Kier alpha value is -1.59. The maximum absolute atomic E-state index is 11.3. The second-order valence-electron chi connectivity index (χ2n) is 4.69. The van der Waals surface area contributed by atoms with Crippen LogP contribution in [0.3, 0.4) is 0 Å². The van der Waals surface area contributed by atoms with Crippen molar-refractivity contribution in [3.63, 3.8) is 0 Å². The van der Waals surface area contributed by atoms with E-state index in [0.29, 0.717) is 24.5 Å². The average molecular weight is 264 g/mol. The number of amides is 1. The molecule has 19 heavy (non-hydrogen) atoms. The molecule has 0 radical (unpaired) electrons. The predicted molar refractivity (Wildman–Crippen MR) is 71.8 cm³/mol. The normalized spacial score (nSPS) is 14.2. The highest BCUT2D eigenvalue weighted by Gasteiger charge is 2.20. The summed E-state index contributed by atoms with van der Waals surface area (Å²) in [7, 11) is 0. The first-order valence-electron chi connectivity index (χ1n) is 6.61. The molecule has 1 amide bonds. The zero-order valence-electron chi connectivity index (χ0n) is 10.9. The number of rotatable bonds is 8. The second kappa shape index (κ2) is 7.11. The second-order valence-corrected chi connectivity index (χ2v) is 4.69. The van der Waals surface area contributed by atoms with Crippen molar-refractivity contribution in [2.24, 2.45) is 11.8 Å². The molecule has 1 saturated carbocycles. The monoisotopic (exact) mass is 264 g/mol. The summed E-state index contributed by atoms with van der Waals surface area (Å²) in [5.41, 5.74) is 2.57. The molecule has 1 aliphatic carbocycles. The molecule has 0 bridgehead atoms. The number of ether oxygens (including phenoxy) is 2. The van der Waals surface area contributed by atoms with Crippen LogP contribution in [-0.4, -0.2) is 25.7 Å². The van der Waals surface area contributed by atoms with E-state index in [1.54, 1.807) is 24.3 Å². The summed E-state index contributed by atoms with van der Waals surface area (Å²) < 4.78 is 11.0. The van der Waals surface area contributed by atoms with E-state index in [-0.39, 0.29) is 5.91 Å². The smallest absolute Gasteiger partial charge is 0.265 e. The van der Waals surface area contributed by atoms with E-state index in [1.807, 2.05) is 0 Å². The van der Waals surface area contributed by atoms with E-state index < -0.39 is 0 Å². The third-order valence-electron chi connectivity index (χ3n) is 3.09. The van der Waals surface area contributed by atoms with Crippen molar-refractivity contribution < 1.29 is 14.3 Å². The van der Waals surface area contributed by atoms with Crippen LogP contribution >= 0.6 is 0 Å². The number of nitrogens with one attached hydrogen (secondary N) is 1. The van der Waals surface area contributed by atoms with Gasteiger partial charge in [-0.1, -0.05) is 18.9 Å². The molecule has 1 aromatic carbocycles. The lowest BCUT2D eigenvalue weighted by Crippen LogP contribution is -2.29. The lowest BCUT2D eigenvalue weighted by molar-refractivity contribution is 0.0944. The number of hydrogen-bond donors (Lipinski definition) is 2. The summed E-state index contributed by atoms with van der Waals surface area (Å²) in [6, 6.07) is 6.90. The van der Waals surface area contributed by atoms with E-state index in [0.717, 1.165) is 18.9 Å². The van der Waals surface area contributed by atoms with Gasteiger partial charge >= 0.3 is 0 Å². The molecule has 1 fully saturated rings. The number of nitrogens with two attached hydrogens (primary N) is 1. The van der Waals surface area contributed by atoms with Crippen molar-refractivity contribution in [3.8, 4) is 5.75 Å². The quantitative estimate of drug-likeness (QED) is 0.323. The fourth-order valence-electron chi connectivity index (χ4n) is 1.79. The molecular weight excluding hydrogens is 244 g/mol. The van der Waals surface area contributed by atoms with Gasteiger partial charge in [-0.2, -0.15) is 0 Å². The van der Waals surface area contributed by atoms with Crippen LogP contribution < -0.4 is 16.0 Å². The van der Waals surface area contributed by atoms with Crippen LogP contribution in [-0.2, 0) is 4.74 Å². The van der Waals surface area contributed by atoms with Crippen molar-refractivity contribution in [1.82, 2.24) is 5.43 Å². The van der Waals surface area contributed by atoms with Gasteiger partial charge in [-0.25, -0.2) is 5.84 Å². The van der Waals surface area contributed by atoms with E-state index in [4.69, 9.17) is 15.3 Å². The SMILES string of the molecule is NNC(=O)c1cccc(OCCOCCC2CC2)c1. The Balaban J connectivity index is 1.65. The van der Waals surface area contributed by atoms with Gasteiger partial charge in [-0.05, 0) is 30.5 Å². The summed E-state index contributed by atoms with van der Waals surface area (Å²) >= 11 is 0. The van der Waals surface area contributed by atoms with Gasteiger partial charge in [0.05, 0.1) is 6.61 Å². The van der Waals surface area contributed by atoms with Gasteiger partial charge in [-0.15, -0.1) is 0 Å². The van der Waals surface area contributed by atoms with Gasteiger partial charge in [0.15, 0.2) is 0 Å². The standard InChI is InChI=1S/C14H20N2O3/c15-16-14(17)12-2-1-3-13(10-12)19-9-8-18-7-6-11-4-5-11/h1-3,10-11H,4-9,15H2,(H,16,17). The molecule has 0 saturated heterocycles. The molecular formula is C14H20N2O3. The van der Waals surface area contributed by atoms with Gasteiger partial charge in [0.25, 0.3) is 5.91 Å². The van der Waals surface area contributed by atoms with Crippen LogP contribution in [0.15, 0.2) is 24.3 Å². The topological polar surface area (TPSA) is 73.6 Å². The fraction of sp³-hybridized carbons (Fsp3) is 0.500. The van der Waals surface area contributed by atoms with Gasteiger partial charge < -0.3 is 9.47 Å². The Morgan fingerprint density at radius 3 is 2.89 bits per heavy atom. The molecule has 0 heterocycles. The first kappa shape index (κ1) is 13.8. The largest absolute Gasteiger partial charge is 0.491 e. The van der Waals surface area contributed by atoms with Crippen LogP contribution in [0.5, 0.6) is 5.75 Å². The van der Waals surface area contributed by atoms with Crippen LogP contribution in [0, 0.1) is 5.92 Å². The molecule has 1 aromatic rings. The van der Waals surface area contributed by atoms with Crippen LogP contribution in [0.2, 0.25) is 0 Å². The maximum atomic E-state index is 11.3. The minimum atomic E-state index is -0.328. The molecule has 0 atom stereocenters. The molecule has 5 heteroatoms. The summed E-state index contributed by atoms with van der Waals surface area (Å²) in [6.45, 7) is 1.86. The van der Waals surface area contributed by atoms with Crippen molar-refractivity contribution in [2.45, 2.75) is 19.3 Å². The lowest BCUT2D eigenvalue weighted by Gasteiger charge is -2.08. The molecule has 0 aliphatic heterocycles. The zero-order chi connectivity index (χ0) is 13.5. The first-order chi connectivity index (χ1) is 9.29. The fourth-order valence-corrected chi connectivity index (χ4v) is 1.79. The lowest BCUT2D eigenvalue weighted by atomic mass is 10.2. The van der Waals surface area contributed by atoms with Gasteiger partial charge in [0, 0.05) is 12.2 Å². The first-order valence-corrected chi connectivity index (χ1v) is 6.61. The van der Waals surface area contributed by atoms with Crippen molar-refractivity contribution in [3.05, 3.63) is 29.8 Å². The van der Waals surface area contributed by atoms with Crippen LogP contribution in [0.25, 0.3) is 0 Å². The minimum Gasteiger partial charge on any atom is -0.491 e. The van der Waals surface area contributed by atoms with Crippen molar-refractivity contribution >= 4 is 5.91 Å². The Bertz CT molecular complexity index is 419. The number of benzene rings is 1. The number of nitrogen functional groups attached to an aromatic ring is 1. The van der Waals surface area contributed by atoms with E-state index in [9.17, 15) is 4.79 Å². The Kier molecular flexibility index (Phi) is 5.18. The van der Waals surface area contributed by atoms with E-state index in [2.05, 4.69) is 5.43 Å². The molecule has 104 valence electrons. The molecule has 2 rings (SSSR count). The van der Waals surface area contributed by atoms with Gasteiger partial charge in [-0.3, -0.25) is 10.2 Å². The van der Waals surface area contributed by atoms with Crippen molar-refractivity contribution in [1.29, 1.82) is 0 Å². The highest BCUT2D eigenvalue weighted by atomic mass is 16.5. The Morgan fingerprint density at radius 1 is 1.32 bits per heavy atom. The Morgan fingerprint density at radius 2 is 2.16 bits per heavy atom. The Labute approximate surface area is 113 Å². The summed E-state index contributed by atoms with van der Waals surface area (Å²) in [6.07, 6.45) is 3.87. The molecule has 0 unspecified atom stereocenters. The molecule has 0 aromatic heterocycles. The van der Waals surface area contributed by atoms with Crippen molar-refractivity contribution in [2.75, 3.05) is 19.8 Å². The van der Waals surface area contributed by atoms with Gasteiger partial charge in [0.1, 0.15) is 12.4 Å². The highest BCUT2D eigenvalue weighted by molar-refractivity contribution is 5.94. The molecule has 5 nitrogen and oxygen atoms in total. The number of carbonyl (C=O) groups is 1. The molecule has 1 aliphatic rings. The number of hydrazine groups is 1. The predicted octanol–water partition coefficient (Wildman–Crippen LogP) is 1.49.